The van der Waals surface area contributed by atoms with E-state index in [1.54, 1.807) is 0 Å². The van der Waals surface area contributed by atoms with Crippen molar-refractivity contribution in [2.45, 2.75) is 32.2 Å². The summed E-state index contributed by atoms with van der Waals surface area (Å²) in [6.45, 7) is 2.36. The van der Waals surface area contributed by atoms with Crippen LogP contribution in [0.4, 0.5) is 0 Å². The highest BCUT2D eigenvalue weighted by Gasteiger charge is 2.20. The zero-order valence-corrected chi connectivity index (χ0v) is 13.4. The van der Waals surface area contributed by atoms with Crippen LogP contribution in [0.25, 0.3) is 10.9 Å². The van der Waals surface area contributed by atoms with Crippen molar-refractivity contribution in [1.29, 1.82) is 0 Å². The van der Waals surface area contributed by atoms with Gasteiger partial charge >= 0.3 is 5.97 Å². The van der Waals surface area contributed by atoms with E-state index in [4.69, 9.17) is 9.84 Å². The number of para-hydroxylation sites is 1. The SMILES string of the molecule is CCc1cccc2c(CC(=O)NC(CCOC)C(=O)O)c[nH]c12. The molecular weight excluding hydrogens is 296 g/mol. The number of fused-ring (bicyclic) bond motifs is 1. The van der Waals surface area contributed by atoms with E-state index in [9.17, 15) is 9.59 Å². The highest BCUT2D eigenvalue weighted by Crippen LogP contribution is 2.22. The minimum atomic E-state index is -1.05. The molecule has 3 N–H and O–H groups in total. The largest absolute Gasteiger partial charge is 0.480 e. The van der Waals surface area contributed by atoms with Crippen LogP contribution in [0.1, 0.15) is 24.5 Å². The number of aromatic nitrogens is 1. The molecule has 1 amide bonds. The van der Waals surface area contributed by atoms with Crippen LogP contribution in [-0.2, 0) is 27.2 Å². The molecule has 0 aliphatic rings. The van der Waals surface area contributed by atoms with E-state index in [0.717, 1.165) is 22.9 Å². The summed E-state index contributed by atoms with van der Waals surface area (Å²) in [5.41, 5.74) is 3.09. The predicted octanol–water partition coefficient (Wildman–Crippen LogP) is 1.88. The number of hydrogen-bond donors (Lipinski definition) is 3. The predicted molar refractivity (Wildman–Crippen MR) is 87.4 cm³/mol. The molecule has 0 saturated carbocycles. The number of methoxy groups -OCH3 is 1. The van der Waals surface area contributed by atoms with Crippen LogP contribution in [0.3, 0.4) is 0 Å². The van der Waals surface area contributed by atoms with E-state index in [0.29, 0.717) is 0 Å². The quantitative estimate of drug-likeness (QED) is 0.693. The molecule has 1 heterocycles. The Hall–Kier alpha value is -2.34. The van der Waals surface area contributed by atoms with Crippen molar-refractivity contribution in [2.24, 2.45) is 0 Å². The number of aryl methyl sites for hydroxylation is 1. The van der Waals surface area contributed by atoms with Gasteiger partial charge < -0.3 is 20.1 Å². The number of ether oxygens (including phenoxy) is 1. The Morgan fingerprint density at radius 3 is 2.78 bits per heavy atom. The molecule has 0 bridgehead atoms. The average Bonchev–Trinajstić information content (AvgIpc) is 2.94. The molecular formula is C17H22N2O4. The summed E-state index contributed by atoms with van der Waals surface area (Å²) in [5.74, 6) is -1.36. The topological polar surface area (TPSA) is 91.4 Å². The van der Waals surface area contributed by atoms with Crippen molar-refractivity contribution in [3.63, 3.8) is 0 Å². The van der Waals surface area contributed by atoms with Gasteiger partial charge in [0.1, 0.15) is 6.04 Å². The molecule has 6 nitrogen and oxygen atoms in total. The number of benzene rings is 1. The summed E-state index contributed by atoms with van der Waals surface area (Å²) in [7, 11) is 1.50. The van der Waals surface area contributed by atoms with Crippen LogP contribution in [0.5, 0.6) is 0 Å². The average molecular weight is 318 g/mol. The van der Waals surface area contributed by atoms with Gasteiger partial charge in [-0.25, -0.2) is 4.79 Å². The summed E-state index contributed by atoms with van der Waals surface area (Å²) >= 11 is 0. The van der Waals surface area contributed by atoms with E-state index in [1.165, 1.54) is 12.7 Å². The lowest BCUT2D eigenvalue weighted by Gasteiger charge is -2.13. The maximum atomic E-state index is 12.2. The second-order valence-corrected chi connectivity index (χ2v) is 5.42. The molecule has 0 spiro atoms. The maximum Gasteiger partial charge on any atom is 0.326 e. The molecule has 1 atom stereocenters. The summed E-state index contributed by atoms with van der Waals surface area (Å²) in [5, 5.41) is 12.7. The number of amides is 1. The molecule has 6 heteroatoms. The van der Waals surface area contributed by atoms with Gasteiger partial charge in [0, 0.05) is 37.2 Å². The van der Waals surface area contributed by atoms with E-state index in [-0.39, 0.29) is 25.4 Å². The summed E-state index contributed by atoms with van der Waals surface area (Å²) in [6.07, 6.45) is 3.10. The monoisotopic (exact) mass is 318 g/mol. The highest BCUT2D eigenvalue weighted by molar-refractivity contribution is 5.91. The Labute approximate surface area is 134 Å². The van der Waals surface area contributed by atoms with Gasteiger partial charge in [0.25, 0.3) is 0 Å². The number of hydrogen-bond acceptors (Lipinski definition) is 3. The lowest BCUT2D eigenvalue weighted by atomic mass is 10.1. The van der Waals surface area contributed by atoms with Crippen molar-refractivity contribution >= 4 is 22.8 Å². The van der Waals surface area contributed by atoms with E-state index < -0.39 is 12.0 Å². The minimum absolute atomic E-state index is 0.143. The summed E-state index contributed by atoms with van der Waals surface area (Å²) in [4.78, 5) is 26.5. The number of carbonyl (C=O) groups is 2. The van der Waals surface area contributed by atoms with Gasteiger partial charge in [-0.05, 0) is 17.5 Å². The van der Waals surface area contributed by atoms with E-state index in [1.807, 2.05) is 24.4 Å². The first-order valence-corrected chi connectivity index (χ1v) is 7.65. The molecule has 0 radical (unpaired) electrons. The van der Waals surface area contributed by atoms with Gasteiger partial charge in [-0.2, -0.15) is 0 Å². The molecule has 1 aromatic carbocycles. The van der Waals surface area contributed by atoms with E-state index in [2.05, 4.69) is 17.2 Å². The van der Waals surface area contributed by atoms with Gasteiger partial charge in [-0.3, -0.25) is 4.79 Å². The summed E-state index contributed by atoms with van der Waals surface area (Å²) in [6, 6.07) is 5.05. The first kappa shape index (κ1) is 17.0. The van der Waals surface area contributed by atoms with E-state index >= 15 is 0 Å². The molecule has 124 valence electrons. The molecule has 2 rings (SSSR count). The van der Waals surface area contributed by atoms with Crippen LogP contribution < -0.4 is 5.32 Å². The second-order valence-electron chi connectivity index (χ2n) is 5.42. The number of carboxylic acids is 1. The van der Waals surface area contributed by atoms with Crippen LogP contribution in [0, 0.1) is 0 Å². The third-order valence-electron chi connectivity index (χ3n) is 3.86. The number of carbonyl (C=O) groups excluding carboxylic acids is 1. The van der Waals surface area contributed by atoms with Crippen LogP contribution in [-0.4, -0.2) is 41.7 Å². The van der Waals surface area contributed by atoms with Crippen LogP contribution in [0.15, 0.2) is 24.4 Å². The molecule has 0 saturated heterocycles. The summed E-state index contributed by atoms with van der Waals surface area (Å²) < 4.78 is 4.87. The van der Waals surface area contributed by atoms with Crippen molar-refractivity contribution in [3.8, 4) is 0 Å². The first-order chi connectivity index (χ1) is 11.1. The molecule has 0 fully saturated rings. The third-order valence-corrected chi connectivity index (χ3v) is 3.86. The van der Waals surface area contributed by atoms with Gasteiger partial charge in [0.05, 0.1) is 6.42 Å². The number of nitrogens with one attached hydrogen (secondary N) is 2. The minimum Gasteiger partial charge on any atom is -0.480 e. The maximum absolute atomic E-state index is 12.2. The Bertz CT molecular complexity index is 693. The van der Waals surface area contributed by atoms with Gasteiger partial charge in [0.15, 0.2) is 0 Å². The van der Waals surface area contributed by atoms with Gasteiger partial charge in [0.2, 0.25) is 5.91 Å². The first-order valence-electron chi connectivity index (χ1n) is 7.65. The number of aliphatic carboxylic acids is 1. The van der Waals surface area contributed by atoms with Gasteiger partial charge in [-0.1, -0.05) is 25.1 Å². The molecule has 1 unspecified atom stereocenters. The lowest BCUT2D eigenvalue weighted by molar-refractivity contribution is -0.142. The van der Waals surface area contributed by atoms with Crippen molar-refractivity contribution < 1.29 is 19.4 Å². The highest BCUT2D eigenvalue weighted by atomic mass is 16.5. The van der Waals surface area contributed by atoms with Crippen LogP contribution >= 0.6 is 0 Å². The normalized spacial score (nSPS) is 12.3. The fraction of sp³-hybridized carbons (Fsp3) is 0.412. The number of aromatic amines is 1. The molecule has 0 aliphatic carbocycles. The van der Waals surface area contributed by atoms with Crippen LogP contribution in [0.2, 0.25) is 0 Å². The third kappa shape index (κ3) is 4.10. The fourth-order valence-electron chi connectivity index (χ4n) is 2.63. The Morgan fingerprint density at radius 2 is 2.13 bits per heavy atom. The Kier molecular flexibility index (Phi) is 5.76. The number of H-pyrrole nitrogens is 1. The molecule has 2 aromatic rings. The zero-order chi connectivity index (χ0) is 16.8. The Balaban J connectivity index is 2.09. The molecule has 23 heavy (non-hydrogen) atoms. The number of rotatable bonds is 8. The van der Waals surface area contributed by atoms with Crippen molar-refractivity contribution in [1.82, 2.24) is 10.3 Å². The van der Waals surface area contributed by atoms with Gasteiger partial charge in [-0.15, -0.1) is 0 Å². The fourth-order valence-corrected chi connectivity index (χ4v) is 2.63. The van der Waals surface area contributed by atoms with Crippen molar-refractivity contribution in [3.05, 3.63) is 35.5 Å². The second kappa shape index (κ2) is 7.78. The Morgan fingerprint density at radius 1 is 1.35 bits per heavy atom. The number of carboxylic acid groups (broad SMARTS) is 1. The van der Waals surface area contributed by atoms with Crippen molar-refractivity contribution in [2.75, 3.05) is 13.7 Å². The molecule has 1 aromatic heterocycles. The molecule has 0 aliphatic heterocycles. The smallest absolute Gasteiger partial charge is 0.326 e. The lowest BCUT2D eigenvalue weighted by Crippen LogP contribution is -2.42. The standard InChI is InChI=1S/C17H22N2O4/c1-3-11-5-4-6-13-12(10-18-16(11)13)9-15(20)19-14(17(21)22)7-8-23-2/h4-6,10,14,18H,3,7-9H2,1-2H3,(H,19,20)(H,21,22). The zero-order valence-electron chi connectivity index (χ0n) is 13.4.